The van der Waals surface area contributed by atoms with Crippen molar-refractivity contribution < 1.29 is 4.74 Å². The highest BCUT2D eigenvalue weighted by molar-refractivity contribution is 5.36. The Balaban J connectivity index is 3.39. The number of pyridine rings is 1. The standard InChI is InChI=1S/C12H16N2O2/c1-4-5-14-9(2)6-10(8-16-3)11(7-13)12(14)15/h6H,4-5,8H2,1-3H3. The summed E-state index contributed by atoms with van der Waals surface area (Å²) in [6, 6.07) is 3.81. The van der Waals surface area contributed by atoms with Crippen LogP contribution in [0.1, 0.15) is 30.2 Å². The Morgan fingerprint density at radius 3 is 2.75 bits per heavy atom. The highest BCUT2D eigenvalue weighted by Crippen LogP contribution is 2.08. The Morgan fingerprint density at radius 2 is 2.25 bits per heavy atom. The van der Waals surface area contributed by atoms with Gasteiger partial charge in [0.25, 0.3) is 5.56 Å². The molecular weight excluding hydrogens is 204 g/mol. The van der Waals surface area contributed by atoms with Crippen molar-refractivity contribution in [1.29, 1.82) is 5.26 Å². The molecule has 86 valence electrons. The number of hydrogen-bond acceptors (Lipinski definition) is 3. The van der Waals surface area contributed by atoms with Crippen LogP contribution < -0.4 is 5.56 Å². The number of nitrogens with zero attached hydrogens (tertiary/aromatic N) is 2. The third-order valence-electron chi connectivity index (χ3n) is 2.45. The molecule has 1 aromatic heterocycles. The summed E-state index contributed by atoms with van der Waals surface area (Å²) in [4.78, 5) is 12.0. The number of hydrogen-bond donors (Lipinski definition) is 0. The first-order valence-corrected chi connectivity index (χ1v) is 5.28. The second-order valence-electron chi connectivity index (χ2n) is 3.69. The minimum Gasteiger partial charge on any atom is -0.380 e. The van der Waals surface area contributed by atoms with Gasteiger partial charge in [-0.05, 0) is 19.4 Å². The van der Waals surface area contributed by atoms with Gasteiger partial charge < -0.3 is 9.30 Å². The van der Waals surface area contributed by atoms with Crippen LogP contribution in [0.15, 0.2) is 10.9 Å². The van der Waals surface area contributed by atoms with Gasteiger partial charge in [0.15, 0.2) is 0 Å². The van der Waals surface area contributed by atoms with Crippen LogP contribution >= 0.6 is 0 Å². The Kier molecular flexibility index (Phi) is 4.27. The zero-order valence-corrected chi connectivity index (χ0v) is 9.91. The average molecular weight is 220 g/mol. The van der Waals surface area contributed by atoms with Crippen LogP contribution in [-0.4, -0.2) is 11.7 Å². The van der Waals surface area contributed by atoms with Gasteiger partial charge in [-0.25, -0.2) is 0 Å². The molecule has 0 unspecified atom stereocenters. The normalized spacial score (nSPS) is 10.1. The van der Waals surface area contributed by atoms with Crippen molar-refractivity contribution in [3.8, 4) is 6.07 Å². The molecule has 0 aromatic carbocycles. The number of nitriles is 1. The van der Waals surface area contributed by atoms with Gasteiger partial charge in [0.05, 0.1) is 6.61 Å². The molecule has 4 heteroatoms. The van der Waals surface area contributed by atoms with E-state index in [1.165, 1.54) is 0 Å². The van der Waals surface area contributed by atoms with Crippen LogP contribution in [0.25, 0.3) is 0 Å². The third-order valence-corrected chi connectivity index (χ3v) is 2.45. The van der Waals surface area contributed by atoms with Gasteiger partial charge in [0, 0.05) is 24.9 Å². The van der Waals surface area contributed by atoms with Gasteiger partial charge >= 0.3 is 0 Å². The van der Waals surface area contributed by atoms with Gasteiger partial charge in [-0.1, -0.05) is 6.92 Å². The topological polar surface area (TPSA) is 55.0 Å². The Bertz CT molecular complexity index is 469. The minimum atomic E-state index is -0.212. The second-order valence-corrected chi connectivity index (χ2v) is 3.69. The van der Waals surface area contributed by atoms with Crippen molar-refractivity contribution in [2.45, 2.75) is 33.4 Å². The molecule has 0 aliphatic rings. The highest BCUT2D eigenvalue weighted by Gasteiger charge is 2.11. The molecule has 0 N–H and O–H groups in total. The first-order valence-electron chi connectivity index (χ1n) is 5.28. The van der Waals surface area contributed by atoms with E-state index in [9.17, 15) is 4.79 Å². The lowest BCUT2D eigenvalue weighted by atomic mass is 10.1. The van der Waals surface area contributed by atoms with E-state index in [1.54, 1.807) is 11.7 Å². The van der Waals surface area contributed by atoms with E-state index in [2.05, 4.69) is 0 Å². The zero-order valence-electron chi connectivity index (χ0n) is 9.91. The number of aromatic nitrogens is 1. The molecule has 0 amide bonds. The number of methoxy groups -OCH3 is 1. The molecule has 0 saturated heterocycles. The summed E-state index contributed by atoms with van der Waals surface area (Å²) in [5.74, 6) is 0. The van der Waals surface area contributed by atoms with E-state index >= 15 is 0 Å². The third kappa shape index (κ3) is 2.31. The average Bonchev–Trinajstić information content (AvgIpc) is 2.25. The summed E-state index contributed by atoms with van der Waals surface area (Å²) in [5, 5.41) is 8.99. The SMILES string of the molecule is CCCn1c(C)cc(COC)c(C#N)c1=O. The largest absolute Gasteiger partial charge is 0.380 e. The fourth-order valence-corrected chi connectivity index (χ4v) is 1.73. The summed E-state index contributed by atoms with van der Waals surface area (Å²) in [6.07, 6.45) is 0.870. The lowest BCUT2D eigenvalue weighted by Gasteiger charge is -2.11. The zero-order chi connectivity index (χ0) is 12.1. The monoisotopic (exact) mass is 220 g/mol. The van der Waals surface area contributed by atoms with E-state index < -0.39 is 0 Å². The molecule has 16 heavy (non-hydrogen) atoms. The summed E-state index contributed by atoms with van der Waals surface area (Å²) >= 11 is 0. The van der Waals surface area contributed by atoms with Crippen molar-refractivity contribution in [3.63, 3.8) is 0 Å². The quantitative estimate of drug-likeness (QED) is 0.774. The van der Waals surface area contributed by atoms with E-state index in [4.69, 9.17) is 10.00 Å². The fourth-order valence-electron chi connectivity index (χ4n) is 1.73. The number of aryl methyl sites for hydroxylation is 1. The number of ether oxygens (including phenoxy) is 1. The fraction of sp³-hybridized carbons (Fsp3) is 0.500. The van der Waals surface area contributed by atoms with Crippen molar-refractivity contribution in [1.82, 2.24) is 4.57 Å². The van der Waals surface area contributed by atoms with Gasteiger partial charge in [-0.15, -0.1) is 0 Å². The summed E-state index contributed by atoms with van der Waals surface area (Å²) in [6.45, 7) is 4.82. The van der Waals surface area contributed by atoms with E-state index in [1.807, 2.05) is 26.0 Å². The van der Waals surface area contributed by atoms with Crippen LogP contribution in [0.2, 0.25) is 0 Å². The van der Waals surface area contributed by atoms with E-state index in [0.29, 0.717) is 18.7 Å². The van der Waals surface area contributed by atoms with Crippen molar-refractivity contribution >= 4 is 0 Å². The van der Waals surface area contributed by atoms with Crippen molar-refractivity contribution in [3.05, 3.63) is 33.2 Å². The molecule has 0 fully saturated rings. The minimum absolute atomic E-state index is 0.195. The summed E-state index contributed by atoms with van der Waals surface area (Å²) in [7, 11) is 1.55. The molecule has 0 saturated carbocycles. The second kappa shape index (κ2) is 5.47. The van der Waals surface area contributed by atoms with Gasteiger partial charge in [0.2, 0.25) is 0 Å². The van der Waals surface area contributed by atoms with Gasteiger partial charge in [0.1, 0.15) is 11.6 Å². The molecule has 0 aliphatic carbocycles. The molecule has 1 heterocycles. The molecule has 0 aliphatic heterocycles. The van der Waals surface area contributed by atoms with Crippen LogP contribution in [-0.2, 0) is 17.9 Å². The maximum atomic E-state index is 12.0. The maximum Gasteiger partial charge on any atom is 0.269 e. The first-order chi connectivity index (χ1) is 7.65. The molecule has 4 nitrogen and oxygen atoms in total. The maximum absolute atomic E-state index is 12.0. The van der Waals surface area contributed by atoms with Gasteiger partial charge in [-0.2, -0.15) is 5.26 Å². The number of rotatable bonds is 4. The van der Waals surface area contributed by atoms with Crippen LogP contribution in [0, 0.1) is 18.3 Å². The van der Waals surface area contributed by atoms with Crippen molar-refractivity contribution in [2.75, 3.05) is 7.11 Å². The molecule has 0 atom stereocenters. The van der Waals surface area contributed by atoms with E-state index in [-0.39, 0.29) is 11.1 Å². The first kappa shape index (κ1) is 12.5. The van der Waals surface area contributed by atoms with E-state index in [0.717, 1.165) is 12.1 Å². The summed E-state index contributed by atoms with van der Waals surface area (Å²) < 4.78 is 6.62. The molecule has 1 rings (SSSR count). The highest BCUT2D eigenvalue weighted by atomic mass is 16.5. The van der Waals surface area contributed by atoms with Crippen LogP contribution in [0.5, 0.6) is 0 Å². The van der Waals surface area contributed by atoms with Crippen molar-refractivity contribution in [2.24, 2.45) is 0 Å². The molecule has 0 spiro atoms. The molecular formula is C12H16N2O2. The van der Waals surface area contributed by atoms with Gasteiger partial charge in [-0.3, -0.25) is 4.79 Å². The predicted octanol–water partition coefficient (Wildman–Crippen LogP) is 1.58. The Hall–Kier alpha value is -1.60. The predicted molar refractivity (Wildman–Crippen MR) is 61.2 cm³/mol. The molecule has 0 radical (unpaired) electrons. The summed E-state index contributed by atoms with van der Waals surface area (Å²) in [5.41, 5.74) is 1.52. The lowest BCUT2D eigenvalue weighted by molar-refractivity contribution is 0.184. The smallest absolute Gasteiger partial charge is 0.269 e. The van der Waals surface area contributed by atoms with Crippen LogP contribution in [0.4, 0.5) is 0 Å². The van der Waals surface area contributed by atoms with Crippen LogP contribution in [0.3, 0.4) is 0 Å². The lowest BCUT2D eigenvalue weighted by Crippen LogP contribution is -2.26. The Labute approximate surface area is 95.1 Å². The Morgan fingerprint density at radius 1 is 1.56 bits per heavy atom. The molecule has 0 bridgehead atoms. The molecule has 1 aromatic rings.